The van der Waals surface area contributed by atoms with Crippen LogP contribution in [0.15, 0.2) is 35.4 Å². The van der Waals surface area contributed by atoms with Gasteiger partial charge in [-0.3, -0.25) is 9.36 Å². The SMILES string of the molecule is Cc1cccc(Cn2cnc3sc(C)c(C(=O)O)c3c2=O)c1. The van der Waals surface area contributed by atoms with Crippen LogP contribution < -0.4 is 5.56 Å². The lowest BCUT2D eigenvalue weighted by Crippen LogP contribution is -2.22. The van der Waals surface area contributed by atoms with Crippen molar-refractivity contribution in [1.82, 2.24) is 9.55 Å². The molecule has 1 aromatic carbocycles. The number of carbonyl (C=O) groups is 1. The highest BCUT2D eigenvalue weighted by molar-refractivity contribution is 7.19. The maximum atomic E-state index is 12.6. The molecule has 0 atom stereocenters. The topological polar surface area (TPSA) is 72.2 Å². The van der Waals surface area contributed by atoms with Gasteiger partial charge in [-0.15, -0.1) is 11.3 Å². The third-order valence-corrected chi connectivity index (χ3v) is 4.52. The summed E-state index contributed by atoms with van der Waals surface area (Å²) in [6, 6.07) is 7.84. The highest BCUT2D eigenvalue weighted by atomic mass is 32.1. The van der Waals surface area contributed by atoms with E-state index in [9.17, 15) is 14.7 Å². The van der Waals surface area contributed by atoms with Gasteiger partial charge in [-0.25, -0.2) is 9.78 Å². The van der Waals surface area contributed by atoms with Crippen LogP contribution in [0.3, 0.4) is 0 Å². The molecule has 0 unspecified atom stereocenters. The van der Waals surface area contributed by atoms with E-state index in [2.05, 4.69) is 4.98 Å². The lowest BCUT2D eigenvalue weighted by atomic mass is 10.1. The van der Waals surface area contributed by atoms with Crippen LogP contribution >= 0.6 is 11.3 Å². The Kier molecular flexibility index (Phi) is 3.54. The van der Waals surface area contributed by atoms with Crippen LogP contribution in [0.25, 0.3) is 10.2 Å². The van der Waals surface area contributed by atoms with Gasteiger partial charge >= 0.3 is 5.97 Å². The zero-order valence-corrected chi connectivity index (χ0v) is 13.0. The quantitative estimate of drug-likeness (QED) is 0.807. The summed E-state index contributed by atoms with van der Waals surface area (Å²) in [5, 5.41) is 9.52. The minimum atomic E-state index is -1.09. The summed E-state index contributed by atoms with van der Waals surface area (Å²) in [6.07, 6.45) is 1.48. The number of hydrogen-bond acceptors (Lipinski definition) is 4. The van der Waals surface area contributed by atoms with Crippen LogP contribution in [0.4, 0.5) is 0 Å². The summed E-state index contributed by atoms with van der Waals surface area (Å²) in [7, 11) is 0. The van der Waals surface area contributed by atoms with Crippen LogP contribution in [-0.4, -0.2) is 20.6 Å². The Labute approximate surface area is 130 Å². The molecule has 22 heavy (non-hydrogen) atoms. The van der Waals surface area contributed by atoms with Gasteiger partial charge in [0.2, 0.25) is 0 Å². The zero-order chi connectivity index (χ0) is 15.9. The second-order valence-electron chi connectivity index (χ2n) is 5.19. The average molecular weight is 314 g/mol. The van der Waals surface area contributed by atoms with Gasteiger partial charge in [0, 0.05) is 4.88 Å². The van der Waals surface area contributed by atoms with Gasteiger partial charge in [0.05, 0.1) is 23.8 Å². The Morgan fingerprint density at radius 3 is 2.82 bits per heavy atom. The largest absolute Gasteiger partial charge is 0.478 e. The number of fused-ring (bicyclic) bond motifs is 1. The number of benzene rings is 1. The van der Waals surface area contributed by atoms with E-state index < -0.39 is 5.97 Å². The van der Waals surface area contributed by atoms with Crippen LogP contribution in [-0.2, 0) is 6.54 Å². The minimum Gasteiger partial charge on any atom is -0.478 e. The lowest BCUT2D eigenvalue weighted by molar-refractivity contribution is 0.0698. The number of aryl methyl sites for hydroxylation is 2. The number of hydrogen-bond donors (Lipinski definition) is 1. The number of rotatable bonds is 3. The minimum absolute atomic E-state index is 0.0658. The molecule has 0 aliphatic carbocycles. The first-order valence-corrected chi connectivity index (χ1v) is 7.56. The molecule has 112 valence electrons. The molecule has 0 aliphatic heterocycles. The molecule has 2 aromatic heterocycles. The van der Waals surface area contributed by atoms with Gasteiger partial charge in [-0.2, -0.15) is 0 Å². The van der Waals surface area contributed by atoms with E-state index >= 15 is 0 Å². The molecule has 0 saturated heterocycles. The lowest BCUT2D eigenvalue weighted by Gasteiger charge is -2.06. The van der Waals surface area contributed by atoms with Crippen molar-refractivity contribution in [1.29, 1.82) is 0 Å². The molecule has 0 spiro atoms. The number of thiophene rings is 1. The first-order valence-electron chi connectivity index (χ1n) is 6.74. The van der Waals surface area contributed by atoms with E-state index in [-0.39, 0.29) is 16.5 Å². The van der Waals surface area contributed by atoms with Gasteiger partial charge in [0.1, 0.15) is 4.83 Å². The molecule has 3 rings (SSSR count). The Morgan fingerprint density at radius 1 is 1.36 bits per heavy atom. The van der Waals surface area contributed by atoms with Crippen molar-refractivity contribution >= 4 is 27.5 Å². The third kappa shape index (κ3) is 2.42. The van der Waals surface area contributed by atoms with Crippen molar-refractivity contribution < 1.29 is 9.90 Å². The predicted octanol–water partition coefficient (Wildman–Crippen LogP) is 2.82. The second kappa shape index (κ2) is 5.38. The van der Waals surface area contributed by atoms with Crippen LogP contribution in [0.1, 0.15) is 26.4 Å². The van der Waals surface area contributed by atoms with E-state index in [0.29, 0.717) is 16.3 Å². The van der Waals surface area contributed by atoms with E-state index in [1.54, 1.807) is 6.92 Å². The van der Waals surface area contributed by atoms with Crippen molar-refractivity contribution in [2.75, 3.05) is 0 Å². The summed E-state index contributed by atoms with van der Waals surface area (Å²) in [4.78, 5) is 29.3. The molecular formula is C16H14N2O3S. The Morgan fingerprint density at radius 2 is 2.14 bits per heavy atom. The molecule has 6 heteroatoms. The van der Waals surface area contributed by atoms with E-state index in [4.69, 9.17) is 0 Å². The van der Waals surface area contributed by atoms with Gasteiger partial charge < -0.3 is 5.11 Å². The molecule has 0 amide bonds. The van der Waals surface area contributed by atoms with Crippen molar-refractivity contribution in [3.8, 4) is 0 Å². The normalized spacial score (nSPS) is 11.0. The molecular weight excluding hydrogens is 300 g/mol. The van der Waals surface area contributed by atoms with Gasteiger partial charge in [0.15, 0.2) is 0 Å². The van der Waals surface area contributed by atoms with Gasteiger partial charge in [-0.05, 0) is 19.4 Å². The highest BCUT2D eigenvalue weighted by Crippen LogP contribution is 2.26. The van der Waals surface area contributed by atoms with E-state index in [0.717, 1.165) is 11.1 Å². The molecule has 0 radical (unpaired) electrons. The van der Waals surface area contributed by atoms with E-state index in [1.165, 1.54) is 22.2 Å². The zero-order valence-electron chi connectivity index (χ0n) is 12.2. The van der Waals surface area contributed by atoms with Crippen molar-refractivity contribution in [2.24, 2.45) is 0 Å². The number of aromatic nitrogens is 2. The van der Waals surface area contributed by atoms with Crippen LogP contribution in [0, 0.1) is 13.8 Å². The van der Waals surface area contributed by atoms with Crippen LogP contribution in [0.2, 0.25) is 0 Å². The monoisotopic (exact) mass is 314 g/mol. The van der Waals surface area contributed by atoms with E-state index in [1.807, 2.05) is 31.2 Å². The number of carboxylic acids is 1. The molecule has 0 fully saturated rings. The summed E-state index contributed by atoms with van der Waals surface area (Å²) in [5.41, 5.74) is 1.84. The summed E-state index contributed by atoms with van der Waals surface area (Å²) in [5.74, 6) is -1.09. The fraction of sp³-hybridized carbons (Fsp3) is 0.188. The first-order chi connectivity index (χ1) is 10.5. The van der Waals surface area contributed by atoms with Crippen molar-refractivity contribution in [2.45, 2.75) is 20.4 Å². The smallest absolute Gasteiger partial charge is 0.337 e. The predicted molar refractivity (Wildman–Crippen MR) is 85.9 cm³/mol. The Balaban J connectivity index is 2.16. The Hall–Kier alpha value is -2.47. The number of nitrogens with zero attached hydrogens (tertiary/aromatic N) is 2. The summed E-state index contributed by atoms with van der Waals surface area (Å²) >= 11 is 1.23. The first kappa shape index (κ1) is 14.5. The fourth-order valence-electron chi connectivity index (χ4n) is 2.51. The number of carboxylic acid groups (broad SMARTS) is 1. The van der Waals surface area contributed by atoms with Gasteiger partial charge in [-0.1, -0.05) is 29.8 Å². The second-order valence-corrected chi connectivity index (χ2v) is 6.39. The maximum absolute atomic E-state index is 12.6. The fourth-order valence-corrected chi connectivity index (χ4v) is 3.49. The Bertz CT molecular complexity index is 940. The third-order valence-electron chi connectivity index (χ3n) is 3.50. The average Bonchev–Trinajstić information content (AvgIpc) is 2.79. The summed E-state index contributed by atoms with van der Waals surface area (Å²) < 4.78 is 1.45. The highest BCUT2D eigenvalue weighted by Gasteiger charge is 2.20. The van der Waals surface area contributed by atoms with Crippen molar-refractivity contribution in [3.63, 3.8) is 0 Å². The van der Waals surface area contributed by atoms with Gasteiger partial charge in [0.25, 0.3) is 5.56 Å². The maximum Gasteiger partial charge on any atom is 0.337 e. The molecule has 0 saturated carbocycles. The molecule has 5 nitrogen and oxygen atoms in total. The molecule has 3 aromatic rings. The molecule has 2 heterocycles. The summed E-state index contributed by atoms with van der Waals surface area (Å²) in [6.45, 7) is 4.05. The standard InChI is InChI=1S/C16H14N2O3S/c1-9-4-3-5-11(6-9)7-18-8-17-14-13(15(18)19)12(16(20)21)10(2)22-14/h3-6,8H,7H2,1-2H3,(H,20,21). The van der Waals surface area contributed by atoms with Crippen LogP contribution in [0.5, 0.6) is 0 Å². The molecule has 1 N–H and O–H groups in total. The molecule has 0 bridgehead atoms. The van der Waals surface area contributed by atoms with Crippen molar-refractivity contribution in [3.05, 3.63) is 62.5 Å². The number of aromatic carboxylic acids is 1. The molecule has 0 aliphatic rings.